The largest absolute Gasteiger partial charge is 0.490 e. The van der Waals surface area contributed by atoms with Crippen LogP contribution >= 0.6 is 8.58 Å². The van der Waals surface area contributed by atoms with Gasteiger partial charge in [0.05, 0.1) is 0 Å². The summed E-state index contributed by atoms with van der Waals surface area (Å²) in [5.41, 5.74) is 0. The average molecular weight is 266 g/mol. The smallest absolute Gasteiger partial charge is 0.119 e. The Morgan fingerprint density at radius 3 is 2.94 bits per heavy atom. The van der Waals surface area contributed by atoms with Gasteiger partial charge in [-0.2, -0.15) is 0 Å². The van der Waals surface area contributed by atoms with Crippen LogP contribution in [0.15, 0.2) is 23.7 Å². The van der Waals surface area contributed by atoms with E-state index in [1.807, 2.05) is 0 Å². The molecule has 0 amide bonds. The van der Waals surface area contributed by atoms with Gasteiger partial charge in [0, 0.05) is 0 Å². The van der Waals surface area contributed by atoms with Gasteiger partial charge in [0.2, 0.25) is 0 Å². The van der Waals surface area contributed by atoms with Crippen molar-refractivity contribution < 1.29 is 4.74 Å². The van der Waals surface area contributed by atoms with E-state index >= 15 is 0 Å². The van der Waals surface area contributed by atoms with Gasteiger partial charge in [-0.05, 0) is 49.7 Å². The molecule has 2 atom stereocenters. The van der Waals surface area contributed by atoms with E-state index in [2.05, 4.69) is 24.9 Å². The number of ether oxygens (including phenoxy) is 1. The summed E-state index contributed by atoms with van der Waals surface area (Å²) in [7, 11) is 0.936. The Morgan fingerprint density at radius 2 is 2.17 bits per heavy atom. The van der Waals surface area contributed by atoms with Gasteiger partial charge in [-0.25, -0.2) is 0 Å². The van der Waals surface area contributed by atoms with Crippen molar-refractivity contribution in [2.45, 2.75) is 64.4 Å². The normalized spacial score (nSPS) is 24.6. The van der Waals surface area contributed by atoms with Crippen molar-refractivity contribution in [2.24, 2.45) is 5.92 Å². The third kappa shape index (κ3) is 4.43. The number of allylic oxidation sites excluding steroid dienone is 2. The van der Waals surface area contributed by atoms with Crippen LogP contribution < -0.4 is 0 Å². The molecule has 1 saturated carbocycles. The van der Waals surface area contributed by atoms with Crippen LogP contribution in [-0.2, 0) is 4.74 Å². The van der Waals surface area contributed by atoms with Crippen LogP contribution in [0.25, 0.3) is 0 Å². The van der Waals surface area contributed by atoms with Gasteiger partial charge in [0.25, 0.3) is 0 Å². The highest BCUT2D eigenvalue weighted by Gasteiger charge is 2.24. The SMILES string of the molecule is CCCC(OC1=CPCCC=C1)C1CCCCC1. The maximum Gasteiger partial charge on any atom is 0.119 e. The number of rotatable bonds is 5. The molecule has 1 aliphatic carbocycles. The lowest BCUT2D eigenvalue weighted by molar-refractivity contribution is 0.0464. The first-order valence-corrected chi connectivity index (χ1v) is 8.95. The standard InChI is InChI=1S/C16H27OP/c1-2-8-16(14-9-4-3-5-10-14)17-15-11-6-7-12-18-13-15/h6,11,13-14,16,18H,2-5,7-10,12H2,1H3. The third-order valence-corrected chi connectivity index (χ3v) is 5.08. The van der Waals surface area contributed by atoms with Gasteiger partial charge in [-0.3, -0.25) is 0 Å². The lowest BCUT2D eigenvalue weighted by Gasteiger charge is -2.31. The molecule has 0 radical (unpaired) electrons. The minimum absolute atomic E-state index is 0.467. The molecular formula is C16H27OP. The monoisotopic (exact) mass is 266 g/mol. The van der Waals surface area contributed by atoms with Crippen LogP contribution in [0.5, 0.6) is 0 Å². The molecule has 2 aliphatic rings. The average Bonchev–Trinajstić information content (AvgIpc) is 2.68. The second-order valence-electron chi connectivity index (χ2n) is 5.53. The quantitative estimate of drug-likeness (QED) is 0.619. The summed E-state index contributed by atoms with van der Waals surface area (Å²) in [6.07, 6.45) is 16.9. The first kappa shape index (κ1) is 14.1. The highest BCUT2D eigenvalue weighted by atomic mass is 31.1. The number of hydrogen-bond donors (Lipinski definition) is 0. The molecule has 0 bridgehead atoms. The van der Waals surface area contributed by atoms with E-state index in [1.165, 1.54) is 57.5 Å². The van der Waals surface area contributed by atoms with Crippen molar-refractivity contribution in [3.05, 3.63) is 23.7 Å². The van der Waals surface area contributed by atoms with E-state index < -0.39 is 0 Å². The Balaban J connectivity index is 1.93. The van der Waals surface area contributed by atoms with Crippen molar-refractivity contribution >= 4 is 8.58 Å². The molecule has 1 heterocycles. The summed E-state index contributed by atoms with van der Waals surface area (Å²) < 4.78 is 6.33. The Morgan fingerprint density at radius 1 is 1.33 bits per heavy atom. The molecule has 0 saturated heterocycles. The fourth-order valence-electron chi connectivity index (χ4n) is 3.02. The van der Waals surface area contributed by atoms with Gasteiger partial charge in [-0.1, -0.05) is 47.3 Å². The van der Waals surface area contributed by atoms with E-state index in [-0.39, 0.29) is 0 Å². The molecule has 0 spiro atoms. The van der Waals surface area contributed by atoms with Gasteiger partial charge >= 0.3 is 0 Å². The van der Waals surface area contributed by atoms with Gasteiger partial charge in [0.1, 0.15) is 11.9 Å². The third-order valence-electron chi connectivity index (χ3n) is 4.02. The number of hydrogen-bond acceptors (Lipinski definition) is 1. The van der Waals surface area contributed by atoms with Crippen molar-refractivity contribution in [1.82, 2.24) is 0 Å². The fourth-order valence-corrected chi connectivity index (χ4v) is 3.86. The predicted octanol–water partition coefficient (Wildman–Crippen LogP) is 5.23. The Kier molecular flexibility index (Phi) is 6.28. The second kappa shape index (κ2) is 8.00. The molecule has 0 aromatic heterocycles. The molecular weight excluding hydrogens is 239 g/mol. The minimum atomic E-state index is 0.467. The van der Waals surface area contributed by atoms with Gasteiger partial charge in [-0.15, -0.1) is 0 Å². The second-order valence-corrected chi connectivity index (χ2v) is 6.73. The zero-order valence-electron chi connectivity index (χ0n) is 11.7. The van der Waals surface area contributed by atoms with Crippen molar-refractivity contribution in [3.8, 4) is 0 Å². The van der Waals surface area contributed by atoms with Crippen LogP contribution in [-0.4, -0.2) is 12.3 Å². The van der Waals surface area contributed by atoms with E-state index in [4.69, 9.17) is 4.74 Å². The van der Waals surface area contributed by atoms with Gasteiger partial charge < -0.3 is 4.74 Å². The summed E-state index contributed by atoms with van der Waals surface area (Å²) in [6.45, 7) is 2.28. The molecule has 18 heavy (non-hydrogen) atoms. The lowest BCUT2D eigenvalue weighted by atomic mass is 9.83. The maximum absolute atomic E-state index is 6.33. The molecule has 0 aromatic carbocycles. The molecule has 1 aliphatic heterocycles. The van der Waals surface area contributed by atoms with Crippen LogP contribution in [0, 0.1) is 5.92 Å². The summed E-state index contributed by atoms with van der Waals surface area (Å²) in [4.78, 5) is 0. The molecule has 102 valence electrons. The summed E-state index contributed by atoms with van der Waals surface area (Å²) >= 11 is 0. The van der Waals surface area contributed by atoms with E-state index in [0.29, 0.717) is 6.10 Å². The molecule has 2 unspecified atom stereocenters. The van der Waals surface area contributed by atoms with E-state index in [0.717, 1.165) is 20.3 Å². The lowest BCUT2D eigenvalue weighted by Crippen LogP contribution is -2.25. The van der Waals surface area contributed by atoms with Crippen molar-refractivity contribution in [2.75, 3.05) is 6.16 Å². The summed E-state index contributed by atoms with van der Waals surface area (Å²) in [5, 5.41) is 0. The first-order chi connectivity index (χ1) is 8.90. The Bertz CT molecular complexity index is 289. The fraction of sp³-hybridized carbons (Fsp3) is 0.750. The predicted molar refractivity (Wildman–Crippen MR) is 81.4 cm³/mol. The van der Waals surface area contributed by atoms with Crippen molar-refractivity contribution in [1.29, 1.82) is 0 Å². The molecule has 1 fully saturated rings. The Hall–Kier alpha value is -0.290. The van der Waals surface area contributed by atoms with E-state index in [9.17, 15) is 0 Å². The van der Waals surface area contributed by atoms with E-state index in [1.54, 1.807) is 0 Å². The van der Waals surface area contributed by atoms with Crippen LogP contribution in [0.1, 0.15) is 58.3 Å². The molecule has 0 aromatic rings. The molecule has 2 rings (SSSR count). The van der Waals surface area contributed by atoms with Crippen LogP contribution in [0.2, 0.25) is 0 Å². The van der Waals surface area contributed by atoms with Crippen LogP contribution in [0.4, 0.5) is 0 Å². The molecule has 0 N–H and O–H groups in total. The highest BCUT2D eigenvalue weighted by molar-refractivity contribution is 7.41. The topological polar surface area (TPSA) is 9.23 Å². The summed E-state index contributed by atoms with van der Waals surface area (Å²) in [6, 6.07) is 0. The van der Waals surface area contributed by atoms with Gasteiger partial charge in [0.15, 0.2) is 0 Å². The molecule has 1 nitrogen and oxygen atoms in total. The summed E-state index contributed by atoms with van der Waals surface area (Å²) in [5.74, 6) is 4.27. The highest BCUT2D eigenvalue weighted by Crippen LogP contribution is 2.32. The van der Waals surface area contributed by atoms with Crippen molar-refractivity contribution in [3.63, 3.8) is 0 Å². The molecule has 2 heteroatoms. The zero-order valence-corrected chi connectivity index (χ0v) is 12.7. The minimum Gasteiger partial charge on any atom is -0.490 e. The van der Waals surface area contributed by atoms with Crippen LogP contribution in [0.3, 0.4) is 0 Å². The maximum atomic E-state index is 6.33. The Labute approximate surface area is 114 Å². The zero-order chi connectivity index (χ0) is 12.6. The first-order valence-electron chi connectivity index (χ1n) is 7.67.